The van der Waals surface area contributed by atoms with Crippen molar-refractivity contribution in [2.24, 2.45) is 0 Å². The average Bonchev–Trinajstić information content (AvgIpc) is 3.13. The predicted molar refractivity (Wildman–Crippen MR) is 89.3 cm³/mol. The highest BCUT2D eigenvalue weighted by molar-refractivity contribution is 7.10. The van der Waals surface area contributed by atoms with Crippen molar-refractivity contribution in [1.29, 1.82) is 0 Å². The van der Waals surface area contributed by atoms with Gasteiger partial charge in [0.1, 0.15) is 11.3 Å². The molecule has 0 spiro atoms. The van der Waals surface area contributed by atoms with Crippen LogP contribution in [0, 0.1) is 0 Å². The lowest BCUT2D eigenvalue weighted by atomic mass is 10.1. The number of fused-ring (bicyclic) bond motifs is 1. The maximum Gasteiger partial charge on any atom is 0.160 e. The molecule has 0 amide bonds. The van der Waals surface area contributed by atoms with Crippen molar-refractivity contribution in [2.45, 2.75) is 32.2 Å². The largest absolute Gasteiger partial charge is 0.304 e. The molecule has 1 atom stereocenters. The first-order valence-electron chi connectivity index (χ1n) is 7.26. The van der Waals surface area contributed by atoms with E-state index in [-0.39, 0.29) is 0 Å². The third-order valence-electron chi connectivity index (χ3n) is 3.59. The quantitative estimate of drug-likeness (QED) is 0.618. The SMILES string of the molecule is CCCC(c1cccs1)n1c(CCCl)nc2cccnc21. The van der Waals surface area contributed by atoms with Crippen LogP contribution in [0.15, 0.2) is 35.8 Å². The van der Waals surface area contributed by atoms with E-state index in [4.69, 9.17) is 16.6 Å². The first-order valence-corrected chi connectivity index (χ1v) is 8.67. The Bertz CT molecular complexity index is 705. The molecular weight excluding hydrogens is 302 g/mol. The molecule has 0 aliphatic heterocycles. The molecule has 0 fully saturated rings. The van der Waals surface area contributed by atoms with E-state index in [0.29, 0.717) is 11.9 Å². The van der Waals surface area contributed by atoms with Crippen molar-refractivity contribution in [3.05, 3.63) is 46.5 Å². The Kier molecular flexibility index (Phi) is 4.56. The van der Waals surface area contributed by atoms with Gasteiger partial charge in [-0.05, 0) is 30.0 Å². The van der Waals surface area contributed by atoms with Crippen LogP contribution in [0.1, 0.15) is 36.5 Å². The number of pyridine rings is 1. The molecule has 0 aliphatic carbocycles. The van der Waals surface area contributed by atoms with Gasteiger partial charge in [-0.1, -0.05) is 19.4 Å². The van der Waals surface area contributed by atoms with Gasteiger partial charge in [-0.15, -0.1) is 22.9 Å². The maximum atomic E-state index is 5.97. The Labute approximate surface area is 133 Å². The number of alkyl halides is 1. The fraction of sp³-hybridized carbons (Fsp3) is 0.375. The molecule has 0 N–H and O–H groups in total. The Morgan fingerprint density at radius 1 is 1.33 bits per heavy atom. The predicted octanol–water partition coefficient (Wildman–Crippen LogP) is 4.66. The Hall–Kier alpha value is -1.39. The van der Waals surface area contributed by atoms with Gasteiger partial charge < -0.3 is 4.57 Å². The molecule has 3 aromatic heterocycles. The minimum atomic E-state index is 0.299. The minimum absolute atomic E-state index is 0.299. The number of halogens is 1. The van der Waals surface area contributed by atoms with Crippen LogP contribution >= 0.6 is 22.9 Å². The Morgan fingerprint density at radius 2 is 2.24 bits per heavy atom. The highest BCUT2D eigenvalue weighted by Crippen LogP contribution is 2.31. The average molecular weight is 320 g/mol. The third-order valence-corrected chi connectivity index (χ3v) is 4.75. The van der Waals surface area contributed by atoms with Crippen molar-refractivity contribution in [2.75, 3.05) is 5.88 Å². The summed E-state index contributed by atoms with van der Waals surface area (Å²) in [6.07, 6.45) is 4.80. The molecule has 0 aliphatic rings. The number of thiophene rings is 1. The fourth-order valence-electron chi connectivity index (χ4n) is 2.72. The van der Waals surface area contributed by atoms with Crippen LogP contribution in [0.2, 0.25) is 0 Å². The maximum absolute atomic E-state index is 5.97. The molecule has 0 saturated carbocycles. The highest BCUT2D eigenvalue weighted by Gasteiger charge is 2.21. The van der Waals surface area contributed by atoms with Crippen molar-refractivity contribution in [1.82, 2.24) is 14.5 Å². The van der Waals surface area contributed by atoms with Gasteiger partial charge in [0.15, 0.2) is 5.65 Å². The van der Waals surface area contributed by atoms with Gasteiger partial charge in [0, 0.05) is 23.4 Å². The summed E-state index contributed by atoms with van der Waals surface area (Å²) in [5, 5.41) is 2.13. The van der Waals surface area contributed by atoms with Gasteiger partial charge in [-0.25, -0.2) is 9.97 Å². The monoisotopic (exact) mass is 319 g/mol. The van der Waals surface area contributed by atoms with Gasteiger partial charge in [0.05, 0.1) is 6.04 Å². The molecule has 110 valence electrons. The number of aryl methyl sites for hydroxylation is 1. The van der Waals surface area contributed by atoms with E-state index in [1.54, 1.807) is 11.3 Å². The first-order chi connectivity index (χ1) is 10.3. The summed E-state index contributed by atoms with van der Waals surface area (Å²) in [5.74, 6) is 1.61. The lowest BCUT2D eigenvalue weighted by Gasteiger charge is -2.19. The molecule has 0 aromatic carbocycles. The van der Waals surface area contributed by atoms with E-state index in [2.05, 4.69) is 34.0 Å². The lowest BCUT2D eigenvalue weighted by molar-refractivity contribution is 0.532. The molecule has 0 saturated heterocycles. The van der Waals surface area contributed by atoms with E-state index in [9.17, 15) is 0 Å². The van der Waals surface area contributed by atoms with Gasteiger partial charge >= 0.3 is 0 Å². The molecule has 1 unspecified atom stereocenters. The Balaban J connectivity index is 2.17. The van der Waals surface area contributed by atoms with E-state index < -0.39 is 0 Å². The van der Waals surface area contributed by atoms with Crippen molar-refractivity contribution in [3.63, 3.8) is 0 Å². The zero-order chi connectivity index (χ0) is 14.7. The summed E-state index contributed by atoms with van der Waals surface area (Å²) in [7, 11) is 0. The van der Waals surface area contributed by atoms with Crippen molar-refractivity contribution >= 4 is 34.1 Å². The number of aromatic nitrogens is 3. The number of imidazole rings is 1. The summed E-state index contributed by atoms with van der Waals surface area (Å²) in [5.41, 5.74) is 1.92. The number of nitrogens with zero attached hydrogens (tertiary/aromatic N) is 3. The molecule has 5 heteroatoms. The number of rotatable bonds is 6. The number of hydrogen-bond donors (Lipinski definition) is 0. The smallest absolute Gasteiger partial charge is 0.160 e. The van der Waals surface area contributed by atoms with Crippen LogP contribution in [0.5, 0.6) is 0 Å². The van der Waals surface area contributed by atoms with Gasteiger partial charge in [-0.2, -0.15) is 0 Å². The summed E-state index contributed by atoms with van der Waals surface area (Å²) in [6, 6.07) is 8.56. The van der Waals surface area contributed by atoms with Crippen molar-refractivity contribution < 1.29 is 0 Å². The zero-order valence-electron chi connectivity index (χ0n) is 12.0. The van der Waals surface area contributed by atoms with Crippen LogP contribution < -0.4 is 0 Å². The highest BCUT2D eigenvalue weighted by atomic mass is 35.5. The molecule has 0 radical (unpaired) electrons. The van der Waals surface area contributed by atoms with E-state index in [1.165, 1.54) is 4.88 Å². The third kappa shape index (κ3) is 2.83. The topological polar surface area (TPSA) is 30.7 Å². The molecule has 3 heterocycles. The molecule has 3 aromatic rings. The summed E-state index contributed by atoms with van der Waals surface area (Å²) in [4.78, 5) is 10.7. The summed E-state index contributed by atoms with van der Waals surface area (Å²) >= 11 is 7.77. The van der Waals surface area contributed by atoms with Crippen LogP contribution in [0.3, 0.4) is 0 Å². The number of hydrogen-bond acceptors (Lipinski definition) is 3. The van der Waals surface area contributed by atoms with Gasteiger partial charge in [0.2, 0.25) is 0 Å². The normalized spacial score (nSPS) is 12.9. The first kappa shape index (κ1) is 14.5. The van der Waals surface area contributed by atoms with Gasteiger partial charge in [0.25, 0.3) is 0 Å². The van der Waals surface area contributed by atoms with Crippen LogP contribution in [-0.2, 0) is 6.42 Å². The summed E-state index contributed by atoms with van der Waals surface area (Å²) < 4.78 is 2.28. The van der Waals surface area contributed by atoms with Crippen molar-refractivity contribution in [3.8, 4) is 0 Å². The fourth-order valence-corrected chi connectivity index (χ4v) is 3.74. The minimum Gasteiger partial charge on any atom is -0.304 e. The molecule has 3 nitrogen and oxygen atoms in total. The van der Waals surface area contributed by atoms with Gasteiger partial charge in [-0.3, -0.25) is 0 Å². The second-order valence-corrected chi connectivity index (χ2v) is 6.36. The molecule has 3 rings (SSSR count). The zero-order valence-corrected chi connectivity index (χ0v) is 13.6. The van der Waals surface area contributed by atoms with Crippen LogP contribution in [-0.4, -0.2) is 20.4 Å². The van der Waals surface area contributed by atoms with E-state index >= 15 is 0 Å². The second kappa shape index (κ2) is 6.58. The lowest BCUT2D eigenvalue weighted by Crippen LogP contribution is -2.14. The van der Waals surface area contributed by atoms with E-state index in [0.717, 1.165) is 36.3 Å². The van der Waals surface area contributed by atoms with Crippen LogP contribution in [0.4, 0.5) is 0 Å². The van der Waals surface area contributed by atoms with E-state index in [1.807, 2.05) is 18.3 Å². The summed E-state index contributed by atoms with van der Waals surface area (Å²) in [6.45, 7) is 2.22. The Morgan fingerprint density at radius 3 is 2.95 bits per heavy atom. The standard InChI is InChI=1S/C16H18ClN3S/c1-2-5-13(14-7-4-11-21-14)20-15(8-9-17)19-12-6-3-10-18-16(12)20/h3-4,6-7,10-11,13H,2,5,8-9H2,1H3. The molecule has 0 bridgehead atoms. The molecular formula is C16H18ClN3S. The van der Waals surface area contributed by atoms with Crippen LogP contribution in [0.25, 0.3) is 11.2 Å². The second-order valence-electron chi connectivity index (χ2n) is 5.00. The molecule has 21 heavy (non-hydrogen) atoms.